The molecule has 1 spiro atoms. The Morgan fingerprint density at radius 1 is 1.42 bits per heavy atom. The van der Waals surface area contributed by atoms with Crippen LogP contribution < -0.4 is 10.2 Å². The number of carbonyl (C=O) groups excluding carboxylic acids is 2. The Kier molecular flexibility index (Phi) is 4.50. The number of methoxy groups -OCH3 is 1. The van der Waals surface area contributed by atoms with Crippen LogP contribution in [0.25, 0.3) is 0 Å². The van der Waals surface area contributed by atoms with Crippen molar-refractivity contribution in [3.05, 3.63) is 41.4 Å². The highest BCUT2D eigenvalue weighted by Gasteiger charge is 2.66. The first-order chi connectivity index (χ1) is 12.6. The smallest absolute Gasteiger partial charge is 0.234 e. The van der Waals surface area contributed by atoms with Crippen LogP contribution in [-0.4, -0.2) is 50.3 Å². The zero-order valence-electron chi connectivity index (χ0n) is 14.5. The normalized spacial score (nSPS) is 31.5. The maximum atomic E-state index is 13.1. The van der Waals surface area contributed by atoms with Crippen molar-refractivity contribution < 1.29 is 19.1 Å². The maximum absolute atomic E-state index is 13.1. The Morgan fingerprint density at radius 3 is 2.92 bits per heavy atom. The second kappa shape index (κ2) is 6.68. The Morgan fingerprint density at radius 2 is 2.19 bits per heavy atom. The lowest BCUT2D eigenvalue weighted by molar-refractivity contribution is -0.131. The van der Waals surface area contributed by atoms with Crippen molar-refractivity contribution in [2.45, 2.75) is 18.1 Å². The number of hydrogen-bond acceptors (Lipinski definition) is 4. The monoisotopic (exact) mass is 376 g/mol. The zero-order valence-corrected chi connectivity index (χ0v) is 15.2. The van der Waals surface area contributed by atoms with Crippen LogP contribution in [0.5, 0.6) is 0 Å². The Bertz CT molecular complexity index is 750. The number of halogens is 1. The van der Waals surface area contributed by atoms with Gasteiger partial charge in [-0.25, -0.2) is 0 Å². The van der Waals surface area contributed by atoms with Crippen LogP contribution in [0, 0.1) is 11.8 Å². The van der Waals surface area contributed by atoms with Gasteiger partial charge in [0.25, 0.3) is 0 Å². The van der Waals surface area contributed by atoms with Crippen LogP contribution in [0.1, 0.15) is 6.42 Å². The maximum Gasteiger partial charge on any atom is 0.234 e. The second-order valence-electron chi connectivity index (χ2n) is 6.94. The fraction of sp³-hybridized carbons (Fsp3) is 0.474. The largest absolute Gasteiger partial charge is 0.385 e. The molecule has 2 fully saturated rings. The van der Waals surface area contributed by atoms with Gasteiger partial charge in [0, 0.05) is 31.0 Å². The summed E-state index contributed by atoms with van der Waals surface area (Å²) in [6.07, 6.45) is 4.26. The number of carbonyl (C=O) groups is 2. The fourth-order valence-electron chi connectivity index (χ4n) is 4.18. The number of amides is 2. The van der Waals surface area contributed by atoms with Crippen molar-refractivity contribution in [1.29, 1.82) is 0 Å². The number of ether oxygens (including phenoxy) is 2. The molecule has 3 heterocycles. The molecule has 2 bridgehead atoms. The average Bonchev–Trinajstić information content (AvgIpc) is 3.28. The van der Waals surface area contributed by atoms with E-state index >= 15 is 0 Å². The lowest BCUT2D eigenvalue weighted by Gasteiger charge is -2.23. The van der Waals surface area contributed by atoms with Gasteiger partial charge in [0.2, 0.25) is 11.8 Å². The summed E-state index contributed by atoms with van der Waals surface area (Å²) in [6.45, 7) is 1.52. The number of anilines is 1. The minimum absolute atomic E-state index is 0.0730. The van der Waals surface area contributed by atoms with Gasteiger partial charge in [0.05, 0.1) is 24.5 Å². The Hall–Kier alpha value is -1.89. The highest BCUT2D eigenvalue weighted by Crippen LogP contribution is 2.52. The van der Waals surface area contributed by atoms with Crippen molar-refractivity contribution in [3.8, 4) is 0 Å². The van der Waals surface area contributed by atoms with Gasteiger partial charge >= 0.3 is 0 Å². The van der Waals surface area contributed by atoms with E-state index in [0.29, 0.717) is 24.7 Å². The minimum Gasteiger partial charge on any atom is -0.385 e. The summed E-state index contributed by atoms with van der Waals surface area (Å²) in [5.41, 5.74) is 0.0542. The molecule has 4 atom stereocenters. The molecule has 7 heteroatoms. The standard InChI is InChI=1S/C19H21ClN2O4/c1-25-10-2-9-21-17(23)15-14-7-8-19(26-14)11-22(18(24)16(15)19)13-5-3-12(20)4-6-13/h3-8,14-16H,2,9-11H2,1H3,(H,21,23)/t14-,15?,16?,19-/m1/s1. The third kappa shape index (κ3) is 2.73. The third-order valence-corrected chi connectivity index (χ3v) is 5.62. The molecule has 3 aliphatic rings. The highest BCUT2D eigenvalue weighted by atomic mass is 35.5. The molecule has 0 radical (unpaired) electrons. The zero-order chi connectivity index (χ0) is 18.3. The van der Waals surface area contributed by atoms with Crippen molar-refractivity contribution in [2.75, 3.05) is 31.7 Å². The van der Waals surface area contributed by atoms with Crippen LogP contribution >= 0.6 is 11.6 Å². The van der Waals surface area contributed by atoms with E-state index in [9.17, 15) is 9.59 Å². The molecule has 26 heavy (non-hydrogen) atoms. The van der Waals surface area contributed by atoms with Crippen LogP contribution in [0.2, 0.25) is 5.02 Å². The van der Waals surface area contributed by atoms with Gasteiger partial charge in [-0.05, 0) is 30.7 Å². The van der Waals surface area contributed by atoms with Gasteiger partial charge in [-0.1, -0.05) is 23.8 Å². The molecule has 0 aliphatic carbocycles. The average molecular weight is 377 g/mol. The summed E-state index contributed by atoms with van der Waals surface area (Å²) in [6, 6.07) is 7.13. The molecule has 3 aliphatic heterocycles. The SMILES string of the molecule is COCCCNC(=O)C1C2C(=O)N(c3ccc(Cl)cc3)C[C@]23C=C[C@H]1O3. The topological polar surface area (TPSA) is 67.9 Å². The lowest BCUT2D eigenvalue weighted by atomic mass is 9.77. The van der Waals surface area contributed by atoms with Crippen molar-refractivity contribution >= 4 is 29.1 Å². The molecule has 6 nitrogen and oxygen atoms in total. The molecule has 4 rings (SSSR count). The van der Waals surface area contributed by atoms with Crippen LogP contribution in [0.15, 0.2) is 36.4 Å². The molecule has 0 aromatic heterocycles. The van der Waals surface area contributed by atoms with E-state index in [4.69, 9.17) is 21.1 Å². The van der Waals surface area contributed by atoms with Crippen LogP contribution in [0.4, 0.5) is 5.69 Å². The first-order valence-electron chi connectivity index (χ1n) is 8.76. The summed E-state index contributed by atoms with van der Waals surface area (Å²) < 4.78 is 11.1. The van der Waals surface area contributed by atoms with Gasteiger partial charge < -0.3 is 19.7 Å². The summed E-state index contributed by atoms with van der Waals surface area (Å²) in [5.74, 6) is -1.19. The number of nitrogens with zero attached hydrogens (tertiary/aromatic N) is 1. The fourth-order valence-corrected chi connectivity index (χ4v) is 4.31. The summed E-state index contributed by atoms with van der Waals surface area (Å²) in [4.78, 5) is 27.5. The highest BCUT2D eigenvalue weighted by molar-refractivity contribution is 6.30. The first-order valence-corrected chi connectivity index (χ1v) is 9.14. The van der Waals surface area contributed by atoms with Crippen molar-refractivity contribution in [1.82, 2.24) is 5.32 Å². The van der Waals surface area contributed by atoms with Crippen LogP contribution in [0.3, 0.4) is 0 Å². The third-order valence-electron chi connectivity index (χ3n) is 5.37. The Labute approximate surface area is 157 Å². The molecule has 2 amide bonds. The molecule has 1 N–H and O–H groups in total. The molecule has 2 saturated heterocycles. The molecule has 2 unspecified atom stereocenters. The number of rotatable bonds is 6. The van der Waals surface area contributed by atoms with Gasteiger partial charge in [-0.3, -0.25) is 9.59 Å². The van der Waals surface area contributed by atoms with Crippen molar-refractivity contribution in [2.24, 2.45) is 11.8 Å². The first kappa shape index (κ1) is 17.5. The van der Waals surface area contributed by atoms with E-state index in [0.717, 1.165) is 12.1 Å². The van der Waals surface area contributed by atoms with E-state index in [1.807, 2.05) is 24.3 Å². The minimum atomic E-state index is -0.712. The van der Waals surface area contributed by atoms with E-state index < -0.39 is 17.4 Å². The van der Waals surface area contributed by atoms with Gasteiger partial charge in [-0.2, -0.15) is 0 Å². The van der Waals surface area contributed by atoms with E-state index in [1.165, 1.54) is 0 Å². The number of fused-ring (bicyclic) bond motifs is 1. The van der Waals surface area contributed by atoms with Gasteiger partial charge in [0.1, 0.15) is 5.60 Å². The molecule has 1 aromatic rings. The summed E-state index contributed by atoms with van der Waals surface area (Å²) in [5, 5.41) is 3.53. The lowest BCUT2D eigenvalue weighted by Crippen LogP contribution is -2.44. The summed E-state index contributed by atoms with van der Waals surface area (Å²) >= 11 is 5.95. The van der Waals surface area contributed by atoms with E-state index in [2.05, 4.69) is 5.32 Å². The Balaban J connectivity index is 1.53. The molecule has 1 aromatic carbocycles. The predicted molar refractivity (Wildman–Crippen MR) is 97.0 cm³/mol. The van der Waals surface area contributed by atoms with E-state index in [1.54, 1.807) is 24.1 Å². The van der Waals surface area contributed by atoms with Crippen molar-refractivity contribution in [3.63, 3.8) is 0 Å². The second-order valence-corrected chi connectivity index (χ2v) is 7.37. The number of nitrogens with one attached hydrogen (secondary N) is 1. The van der Waals surface area contributed by atoms with Crippen LogP contribution in [-0.2, 0) is 19.1 Å². The number of benzene rings is 1. The molecule has 138 valence electrons. The number of hydrogen-bond donors (Lipinski definition) is 1. The molecular formula is C19H21ClN2O4. The molecule has 0 saturated carbocycles. The van der Waals surface area contributed by atoms with Gasteiger partial charge in [-0.15, -0.1) is 0 Å². The van der Waals surface area contributed by atoms with E-state index in [-0.39, 0.29) is 17.9 Å². The summed E-state index contributed by atoms with van der Waals surface area (Å²) in [7, 11) is 1.63. The molecular weight excluding hydrogens is 356 g/mol. The quantitative estimate of drug-likeness (QED) is 0.607. The predicted octanol–water partition coefficient (Wildman–Crippen LogP) is 1.78. The van der Waals surface area contributed by atoms with Gasteiger partial charge in [0.15, 0.2) is 0 Å².